The van der Waals surface area contributed by atoms with Crippen LogP contribution in [-0.2, 0) is 6.54 Å². The van der Waals surface area contributed by atoms with Crippen molar-refractivity contribution in [3.63, 3.8) is 0 Å². The van der Waals surface area contributed by atoms with Crippen LogP contribution in [0.15, 0.2) is 101 Å². The topological polar surface area (TPSA) is 7.12 Å². The molecule has 1 aromatic heterocycles. The molecule has 2 heterocycles. The number of nitrogens with zero attached hydrogens (tertiary/aromatic N) is 2. The predicted octanol–water partition coefficient (Wildman–Crippen LogP) is 7.00. The smallest absolute Gasteiger partial charge is 0.211 e. The summed E-state index contributed by atoms with van der Waals surface area (Å²) in [5.41, 5.74) is 8.78. The van der Waals surface area contributed by atoms with Crippen LogP contribution in [0.3, 0.4) is 0 Å². The van der Waals surface area contributed by atoms with E-state index in [1.807, 2.05) is 11.8 Å². The maximum atomic E-state index is 2.43. The molecule has 0 aliphatic carbocycles. The van der Waals surface area contributed by atoms with Crippen LogP contribution in [0.2, 0.25) is 0 Å². The summed E-state index contributed by atoms with van der Waals surface area (Å²) in [5, 5.41) is 1.27. The molecule has 1 aliphatic rings. The van der Waals surface area contributed by atoms with Crippen molar-refractivity contribution in [1.29, 1.82) is 0 Å². The average molecular weight is 436 g/mol. The minimum Gasteiger partial charge on any atom is -0.330 e. The zero-order chi connectivity index (χ0) is 22.1. The number of benzene rings is 3. The Labute approximate surface area is 194 Å². The number of rotatable bonds is 4. The lowest BCUT2D eigenvalue weighted by atomic mass is 10.1. The number of para-hydroxylation sites is 1. The van der Waals surface area contributed by atoms with E-state index in [0.717, 1.165) is 6.54 Å². The lowest BCUT2D eigenvalue weighted by Gasteiger charge is -2.21. The maximum absolute atomic E-state index is 2.43. The third kappa shape index (κ3) is 4.09. The number of fused-ring (bicyclic) bond motifs is 1. The second kappa shape index (κ2) is 8.68. The van der Waals surface area contributed by atoms with Crippen molar-refractivity contribution < 1.29 is 4.57 Å². The minimum absolute atomic E-state index is 0.866. The van der Waals surface area contributed by atoms with Crippen molar-refractivity contribution >= 4 is 23.5 Å². The highest BCUT2D eigenvalue weighted by molar-refractivity contribution is 8.03. The zero-order valence-electron chi connectivity index (χ0n) is 18.7. The largest absolute Gasteiger partial charge is 0.330 e. The fourth-order valence-corrected chi connectivity index (χ4v) is 5.47. The van der Waals surface area contributed by atoms with Gasteiger partial charge in [-0.1, -0.05) is 71.9 Å². The first-order valence-corrected chi connectivity index (χ1v) is 11.8. The van der Waals surface area contributed by atoms with E-state index in [9.17, 15) is 0 Å². The van der Waals surface area contributed by atoms with E-state index in [1.165, 1.54) is 49.4 Å². The van der Waals surface area contributed by atoms with Gasteiger partial charge in [0, 0.05) is 49.6 Å². The molecule has 2 nitrogen and oxygen atoms in total. The van der Waals surface area contributed by atoms with E-state index >= 15 is 0 Å². The van der Waals surface area contributed by atoms with E-state index in [0.29, 0.717) is 0 Å². The first-order chi connectivity index (χ1) is 15.6. The minimum atomic E-state index is 0.866. The standard InChI is InChI=1S/C29H27N2S/c1-21-13-15-26(16-14-21)31-22(2)17-25(18-23(31)3)19-29-30(20-24-9-5-4-6-10-24)27-11-7-8-12-28(27)32-29/h4-19H,20H2,1-3H3/q+1. The summed E-state index contributed by atoms with van der Waals surface area (Å²) >= 11 is 1.85. The molecule has 3 aromatic carbocycles. The van der Waals surface area contributed by atoms with Gasteiger partial charge in [0.05, 0.1) is 10.7 Å². The van der Waals surface area contributed by atoms with Crippen molar-refractivity contribution in [2.45, 2.75) is 32.2 Å². The lowest BCUT2D eigenvalue weighted by Crippen LogP contribution is -2.37. The number of hydrogen-bond acceptors (Lipinski definition) is 2. The van der Waals surface area contributed by atoms with Crippen molar-refractivity contribution in [1.82, 2.24) is 0 Å². The summed E-state index contributed by atoms with van der Waals surface area (Å²) in [6, 6.07) is 32.7. The van der Waals surface area contributed by atoms with Crippen LogP contribution in [0, 0.1) is 20.8 Å². The molecule has 0 unspecified atom stereocenters. The van der Waals surface area contributed by atoms with Gasteiger partial charge in [0.1, 0.15) is 0 Å². The van der Waals surface area contributed by atoms with Gasteiger partial charge < -0.3 is 4.90 Å². The SMILES string of the molecule is Cc1ccc(-[n+]2c(C)cc(/C=C3\Sc4ccccc4N3Cc3ccccc3)cc2C)cc1. The molecule has 0 atom stereocenters. The molecule has 3 heteroatoms. The normalized spacial score (nSPS) is 14.1. The molecule has 0 saturated heterocycles. The number of aromatic nitrogens is 1. The molecule has 0 N–H and O–H groups in total. The van der Waals surface area contributed by atoms with Crippen LogP contribution < -0.4 is 9.47 Å². The number of hydrogen-bond donors (Lipinski definition) is 0. The van der Waals surface area contributed by atoms with Crippen molar-refractivity contribution in [3.05, 3.63) is 124 Å². The number of pyridine rings is 1. The number of anilines is 1. The summed E-state index contributed by atoms with van der Waals surface area (Å²) in [7, 11) is 0. The molecule has 0 amide bonds. The first-order valence-electron chi connectivity index (χ1n) is 11.0. The Morgan fingerprint density at radius 2 is 1.44 bits per heavy atom. The van der Waals surface area contributed by atoms with Gasteiger partial charge in [-0.25, -0.2) is 0 Å². The highest BCUT2D eigenvalue weighted by Gasteiger charge is 2.25. The van der Waals surface area contributed by atoms with E-state index in [2.05, 4.69) is 127 Å². The Morgan fingerprint density at radius 1 is 0.781 bits per heavy atom. The monoisotopic (exact) mass is 435 g/mol. The van der Waals surface area contributed by atoms with Crippen LogP contribution in [0.25, 0.3) is 11.8 Å². The molecule has 158 valence electrons. The van der Waals surface area contributed by atoms with Crippen molar-refractivity contribution in [2.75, 3.05) is 4.90 Å². The van der Waals surface area contributed by atoms with E-state index in [-0.39, 0.29) is 0 Å². The second-order valence-electron chi connectivity index (χ2n) is 8.37. The van der Waals surface area contributed by atoms with Crippen LogP contribution in [0.5, 0.6) is 0 Å². The van der Waals surface area contributed by atoms with E-state index in [4.69, 9.17) is 0 Å². The van der Waals surface area contributed by atoms with Crippen molar-refractivity contribution in [2.24, 2.45) is 0 Å². The van der Waals surface area contributed by atoms with E-state index < -0.39 is 0 Å². The Hall–Kier alpha value is -3.30. The first kappa shape index (κ1) is 20.6. The van der Waals surface area contributed by atoms with Crippen LogP contribution in [0.1, 0.15) is 28.1 Å². The molecule has 0 spiro atoms. The fraction of sp³-hybridized carbons (Fsp3) is 0.138. The summed E-state index contributed by atoms with van der Waals surface area (Å²) in [5.74, 6) is 0. The molecule has 0 saturated carbocycles. The third-order valence-corrected chi connectivity index (χ3v) is 6.97. The third-order valence-electron chi connectivity index (χ3n) is 5.86. The maximum Gasteiger partial charge on any atom is 0.211 e. The lowest BCUT2D eigenvalue weighted by molar-refractivity contribution is -0.609. The Balaban J connectivity index is 1.52. The Bertz CT molecular complexity index is 1270. The van der Waals surface area contributed by atoms with Crippen LogP contribution in [0.4, 0.5) is 5.69 Å². The summed E-state index contributed by atoms with van der Waals surface area (Å²) in [6.07, 6.45) is 2.33. The Kier molecular flexibility index (Phi) is 5.59. The van der Waals surface area contributed by atoms with Gasteiger partial charge in [-0.05, 0) is 36.3 Å². The molecular formula is C29H27N2S+. The second-order valence-corrected chi connectivity index (χ2v) is 9.43. The number of thioether (sulfide) groups is 1. The Morgan fingerprint density at radius 3 is 2.16 bits per heavy atom. The van der Waals surface area contributed by atoms with Gasteiger partial charge >= 0.3 is 0 Å². The van der Waals surface area contributed by atoms with Crippen LogP contribution in [-0.4, -0.2) is 0 Å². The van der Waals surface area contributed by atoms with Gasteiger partial charge in [-0.2, -0.15) is 4.57 Å². The quantitative estimate of drug-likeness (QED) is 0.319. The average Bonchev–Trinajstić information content (AvgIpc) is 3.12. The van der Waals surface area contributed by atoms with Gasteiger partial charge in [0.2, 0.25) is 5.69 Å². The summed E-state index contributed by atoms with van der Waals surface area (Å²) in [4.78, 5) is 3.75. The van der Waals surface area contributed by atoms with Crippen molar-refractivity contribution in [3.8, 4) is 5.69 Å². The molecule has 0 bridgehead atoms. The van der Waals surface area contributed by atoms with Gasteiger partial charge in [0.25, 0.3) is 0 Å². The van der Waals surface area contributed by atoms with Gasteiger partial charge in [-0.3, -0.25) is 0 Å². The molecule has 0 fully saturated rings. The molecule has 0 radical (unpaired) electrons. The molecule has 1 aliphatic heterocycles. The van der Waals surface area contributed by atoms with Gasteiger partial charge in [-0.15, -0.1) is 0 Å². The molecule has 4 aromatic rings. The highest BCUT2D eigenvalue weighted by atomic mass is 32.2. The molecule has 32 heavy (non-hydrogen) atoms. The summed E-state index contributed by atoms with van der Waals surface area (Å²) in [6.45, 7) is 7.37. The molecular weight excluding hydrogens is 408 g/mol. The fourth-order valence-electron chi connectivity index (χ4n) is 4.35. The predicted molar refractivity (Wildman–Crippen MR) is 135 cm³/mol. The summed E-state index contributed by atoms with van der Waals surface area (Å²) < 4.78 is 2.32. The highest BCUT2D eigenvalue weighted by Crippen LogP contribution is 2.47. The zero-order valence-corrected chi connectivity index (χ0v) is 19.6. The van der Waals surface area contributed by atoms with E-state index in [1.54, 1.807) is 0 Å². The van der Waals surface area contributed by atoms with Crippen LogP contribution >= 0.6 is 11.8 Å². The van der Waals surface area contributed by atoms with Gasteiger partial charge in [0.15, 0.2) is 11.4 Å². The number of aryl methyl sites for hydroxylation is 3. The molecule has 5 rings (SSSR count).